The van der Waals surface area contributed by atoms with Gasteiger partial charge in [0.1, 0.15) is 5.75 Å². The van der Waals surface area contributed by atoms with E-state index in [4.69, 9.17) is 0 Å². The van der Waals surface area contributed by atoms with Crippen molar-refractivity contribution < 1.29 is 5.11 Å². The molecule has 134 valence electrons. The van der Waals surface area contributed by atoms with Gasteiger partial charge in [0.25, 0.3) is 0 Å². The molecule has 1 nitrogen and oxygen atoms in total. The van der Waals surface area contributed by atoms with Crippen LogP contribution in [0.1, 0.15) is 75.1 Å². The van der Waals surface area contributed by atoms with Gasteiger partial charge in [0.2, 0.25) is 0 Å². The third kappa shape index (κ3) is 3.51. The highest BCUT2D eigenvalue weighted by Gasteiger charge is 2.38. The van der Waals surface area contributed by atoms with Crippen molar-refractivity contribution in [3.8, 4) is 5.75 Å². The van der Waals surface area contributed by atoms with Gasteiger partial charge in [-0.1, -0.05) is 98.4 Å². The maximum Gasteiger partial charge on any atom is 0.123 e. The molecule has 0 spiro atoms. The van der Waals surface area contributed by atoms with E-state index in [-0.39, 0.29) is 10.8 Å². The summed E-state index contributed by atoms with van der Waals surface area (Å²) < 4.78 is 0. The Bertz CT molecular complexity index is 722. The molecule has 1 fully saturated rings. The van der Waals surface area contributed by atoms with Crippen LogP contribution in [0.2, 0.25) is 0 Å². The molecule has 3 rings (SSSR count). The van der Waals surface area contributed by atoms with Crippen LogP contribution in [-0.4, -0.2) is 5.11 Å². The smallest absolute Gasteiger partial charge is 0.123 e. The van der Waals surface area contributed by atoms with Gasteiger partial charge in [0.15, 0.2) is 0 Å². The van der Waals surface area contributed by atoms with Gasteiger partial charge >= 0.3 is 0 Å². The van der Waals surface area contributed by atoms with Gasteiger partial charge < -0.3 is 5.11 Å². The zero-order valence-electron chi connectivity index (χ0n) is 15.6. The van der Waals surface area contributed by atoms with Crippen molar-refractivity contribution in [2.75, 3.05) is 0 Å². The minimum absolute atomic E-state index is 0.0614. The largest absolute Gasteiger partial charge is 0.507 e. The number of halogens is 1. The fourth-order valence-electron chi connectivity index (χ4n) is 4.22. The lowest BCUT2D eigenvalue weighted by Crippen LogP contribution is -2.31. The van der Waals surface area contributed by atoms with Crippen molar-refractivity contribution in [2.24, 2.45) is 0 Å². The summed E-state index contributed by atoms with van der Waals surface area (Å²) in [6.07, 6.45) is 5.95. The van der Waals surface area contributed by atoms with E-state index in [0.717, 1.165) is 24.0 Å². The fourth-order valence-corrected chi connectivity index (χ4v) is 4.65. The third-order valence-electron chi connectivity index (χ3n) is 5.75. The molecule has 0 bridgehead atoms. The van der Waals surface area contributed by atoms with Crippen LogP contribution in [0.4, 0.5) is 0 Å². The van der Waals surface area contributed by atoms with Crippen LogP contribution in [-0.2, 0) is 16.2 Å². The van der Waals surface area contributed by atoms with E-state index < -0.39 is 0 Å². The molecule has 0 radical (unpaired) electrons. The lowest BCUT2D eigenvalue weighted by atomic mass is 9.64. The highest BCUT2D eigenvalue weighted by atomic mass is 79.9. The first-order chi connectivity index (χ1) is 11.9. The summed E-state index contributed by atoms with van der Waals surface area (Å²) in [7, 11) is 0. The van der Waals surface area contributed by atoms with E-state index >= 15 is 0 Å². The summed E-state index contributed by atoms with van der Waals surface area (Å²) in [6, 6.07) is 15.2. The molecular formula is C23H29BrO. The van der Waals surface area contributed by atoms with Crippen molar-refractivity contribution in [3.05, 3.63) is 64.7 Å². The molecule has 0 amide bonds. The first-order valence-electron chi connectivity index (χ1n) is 9.37. The molecular weight excluding hydrogens is 372 g/mol. The van der Waals surface area contributed by atoms with Crippen LogP contribution in [0.5, 0.6) is 5.75 Å². The maximum atomic E-state index is 11.1. The van der Waals surface area contributed by atoms with Crippen molar-refractivity contribution in [1.29, 1.82) is 0 Å². The molecule has 2 aromatic carbocycles. The standard InChI is InChI=1S/C23H29BrO/c1-22(2,3)19-14-17(16-24)21(25)20(15-19)23(12-8-5-9-13-23)18-10-6-4-7-11-18/h4,6-7,10-11,14-15,25H,5,8-9,12-13,16H2,1-3H3. The summed E-state index contributed by atoms with van der Waals surface area (Å²) in [5.41, 5.74) is 4.77. The molecule has 0 aromatic heterocycles. The lowest BCUT2D eigenvalue weighted by Gasteiger charge is -2.40. The molecule has 2 heteroatoms. The molecule has 2 aromatic rings. The summed E-state index contributed by atoms with van der Waals surface area (Å²) in [4.78, 5) is 0. The predicted molar refractivity (Wildman–Crippen MR) is 110 cm³/mol. The topological polar surface area (TPSA) is 20.2 Å². The molecule has 0 atom stereocenters. The number of hydrogen-bond donors (Lipinski definition) is 1. The van der Waals surface area contributed by atoms with Crippen LogP contribution >= 0.6 is 15.9 Å². The van der Waals surface area contributed by atoms with Gasteiger partial charge in [-0.3, -0.25) is 0 Å². The Morgan fingerprint density at radius 1 is 1.00 bits per heavy atom. The summed E-state index contributed by atoms with van der Waals surface area (Å²) >= 11 is 3.58. The fraction of sp³-hybridized carbons (Fsp3) is 0.478. The SMILES string of the molecule is CC(C)(C)c1cc(CBr)c(O)c(C2(c3ccccc3)CCCCC2)c1. The Balaban J connectivity index is 2.26. The number of phenolic OH excluding ortho intramolecular Hbond substituents is 1. The molecule has 1 saturated carbocycles. The monoisotopic (exact) mass is 400 g/mol. The van der Waals surface area contributed by atoms with Crippen molar-refractivity contribution in [2.45, 2.75) is 69.0 Å². The Morgan fingerprint density at radius 2 is 1.64 bits per heavy atom. The van der Waals surface area contributed by atoms with E-state index in [1.54, 1.807) is 0 Å². The number of rotatable bonds is 3. The van der Waals surface area contributed by atoms with Gasteiger partial charge in [0, 0.05) is 21.9 Å². The average molecular weight is 401 g/mol. The van der Waals surface area contributed by atoms with Crippen LogP contribution < -0.4 is 0 Å². The molecule has 1 aliphatic carbocycles. The predicted octanol–water partition coefficient (Wildman–Crippen LogP) is 6.83. The summed E-state index contributed by atoms with van der Waals surface area (Å²) in [5.74, 6) is 0.482. The normalized spacial score (nSPS) is 17.4. The summed E-state index contributed by atoms with van der Waals surface area (Å²) in [5, 5.41) is 11.8. The van der Waals surface area contributed by atoms with Gasteiger partial charge in [-0.05, 0) is 29.4 Å². The number of hydrogen-bond acceptors (Lipinski definition) is 1. The average Bonchev–Trinajstić information content (AvgIpc) is 2.62. The Morgan fingerprint density at radius 3 is 2.20 bits per heavy atom. The van der Waals surface area contributed by atoms with E-state index in [2.05, 4.69) is 79.2 Å². The van der Waals surface area contributed by atoms with Crippen LogP contribution in [0.3, 0.4) is 0 Å². The summed E-state index contributed by atoms with van der Waals surface area (Å²) in [6.45, 7) is 6.74. The van der Waals surface area contributed by atoms with Crippen LogP contribution in [0.15, 0.2) is 42.5 Å². The molecule has 1 N–H and O–H groups in total. The second-order valence-electron chi connectivity index (χ2n) is 8.42. The maximum absolute atomic E-state index is 11.1. The van der Waals surface area contributed by atoms with E-state index in [0.29, 0.717) is 11.1 Å². The van der Waals surface area contributed by atoms with E-state index in [1.807, 2.05) is 0 Å². The number of phenols is 1. The van der Waals surface area contributed by atoms with Crippen molar-refractivity contribution >= 4 is 15.9 Å². The quantitative estimate of drug-likeness (QED) is 0.559. The van der Waals surface area contributed by atoms with E-state index in [1.165, 1.54) is 30.4 Å². The highest BCUT2D eigenvalue weighted by Crippen LogP contribution is 2.49. The minimum atomic E-state index is -0.0677. The Hall–Kier alpha value is -1.28. The number of aromatic hydroxyl groups is 1. The number of benzene rings is 2. The Kier molecular flexibility index (Phi) is 5.29. The zero-order valence-corrected chi connectivity index (χ0v) is 17.2. The number of alkyl halides is 1. The third-order valence-corrected chi connectivity index (χ3v) is 6.35. The van der Waals surface area contributed by atoms with Crippen molar-refractivity contribution in [1.82, 2.24) is 0 Å². The molecule has 25 heavy (non-hydrogen) atoms. The first-order valence-corrected chi connectivity index (χ1v) is 10.5. The van der Waals surface area contributed by atoms with Crippen LogP contribution in [0, 0.1) is 0 Å². The van der Waals surface area contributed by atoms with Gasteiger partial charge in [-0.2, -0.15) is 0 Å². The zero-order chi connectivity index (χ0) is 18.1. The van der Waals surface area contributed by atoms with Gasteiger partial charge in [-0.25, -0.2) is 0 Å². The molecule has 1 aliphatic rings. The molecule has 0 heterocycles. The minimum Gasteiger partial charge on any atom is -0.507 e. The second kappa shape index (κ2) is 7.15. The second-order valence-corrected chi connectivity index (χ2v) is 8.98. The highest BCUT2D eigenvalue weighted by molar-refractivity contribution is 9.08. The Labute approximate surface area is 160 Å². The van der Waals surface area contributed by atoms with Crippen LogP contribution in [0.25, 0.3) is 0 Å². The van der Waals surface area contributed by atoms with Gasteiger partial charge in [-0.15, -0.1) is 0 Å². The first kappa shape index (κ1) is 18.5. The molecule has 0 saturated heterocycles. The van der Waals surface area contributed by atoms with E-state index in [9.17, 15) is 5.11 Å². The van der Waals surface area contributed by atoms with Crippen molar-refractivity contribution in [3.63, 3.8) is 0 Å². The molecule has 0 unspecified atom stereocenters. The molecule has 0 aliphatic heterocycles. The van der Waals surface area contributed by atoms with Gasteiger partial charge in [0.05, 0.1) is 0 Å². The lowest BCUT2D eigenvalue weighted by molar-refractivity contribution is 0.331.